The molecule has 2 aromatic carbocycles. The maximum Gasteiger partial charge on any atom is 0.230 e. The summed E-state index contributed by atoms with van der Waals surface area (Å²) in [6.45, 7) is 4.76. The first-order valence-electron chi connectivity index (χ1n) is 8.96. The van der Waals surface area contributed by atoms with Gasteiger partial charge in [-0.2, -0.15) is 0 Å². The minimum Gasteiger partial charge on any atom is -0.371 e. The number of aryl methyl sites for hydroxylation is 1. The Kier molecular flexibility index (Phi) is 4.55. The van der Waals surface area contributed by atoms with E-state index in [0.29, 0.717) is 0 Å². The number of fused-ring (bicyclic) bond motifs is 2. The lowest BCUT2D eigenvalue weighted by Crippen LogP contribution is -2.44. The second-order valence-corrected chi connectivity index (χ2v) is 7.18. The summed E-state index contributed by atoms with van der Waals surface area (Å²) in [7, 11) is 0. The monoisotopic (exact) mass is 336 g/mol. The average molecular weight is 336 g/mol. The summed E-state index contributed by atoms with van der Waals surface area (Å²) in [4.78, 5) is 15.1. The molecule has 2 bridgehead atoms. The molecule has 3 atom stereocenters. The number of morpholine rings is 1. The van der Waals surface area contributed by atoms with E-state index in [4.69, 9.17) is 4.74 Å². The SMILES string of the molecule is Cc1cccc(CN2C[C@@H]3C[C@@H](C(=O)Nc4ccccc4)[C@H](C2)O3)c1. The number of amides is 1. The molecule has 0 unspecified atom stereocenters. The Balaban J connectivity index is 1.39. The molecule has 4 heteroatoms. The molecule has 1 amide bonds. The lowest BCUT2D eigenvalue weighted by atomic mass is 9.99. The second kappa shape index (κ2) is 6.98. The fourth-order valence-corrected chi connectivity index (χ4v) is 3.97. The molecule has 0 aliphatic carbocycles. The number of carbonyl (C=O) groups excluding carboxylic acids is 1. The zero-order chi connectivity index (χ0) is 17.2. The first-order valence-corrected chi connectivity index (χ1v) is 8.96. The van der Waals surface area contributed by atoms with Crippen molar-refractivity contribution in [2.24, 2.45) is 5.92 Å². The van der Waals surface area contributed by atoms with Crippen LogP contribution in [0.2, 0.25) is 0 Å². The normalized spacial score (nSPS) is 25.7. The summed E-state index contributed by atoms with van der Waals surface area (Å²) in [5.41, 5.74) is 3.46. The number of ether oxygens (including phenoxy) is 1. The maximum absolute atomic E-state index is 12.7. The number of likely N-dealkylation sites (tertiary alicyclic amines) is 1. The highest BCUT2D eigenvalue weighted by molar-refractivity contribution is 5.93. The molecule has 0 aromatic heterocycles. The Bertz CT molecular complexity index is 747. The van der Waals surface area contributed by atoms with Crippen molar-refractivity contribution >= 4 is 11.6 Å². The molecule has 4 rings (SSSR count). The number of anilines is 1. The van der Waals surface area contributed by atoms with Gasteiger partial charge in [0.15, 0.2) is 0 Å². The molecule has 0 saturated carbocycles. The molecule has 2 heterocycles. The Hall–Kier alpha value is -2.17. The van der Waals surface area contributed by atoms with Crippen LogP contribution >= 0.6 is 0 Å². The van der Waals surface area contributed by atoms with Gasteiger partial charge in [-0.25, -0.2) is 0 Å². The van der Waals surface area contributed by atoms with Gasteiger partial charge in [0.05, 0.1) is 18.1 Å². The molecule has 2 fully saturated rings. The minimum atomic E-state index is -0.0623. The Morgan fingerprint density at radius 1 is 1.16 bits per heavy atom. The van der Waals surface area contributed by atoms with Crippen LogP contribution < -0.4 is 5.32 Å². The molecule has 2 aliphatic rings. The summed E-state index contributed by atoms with van der Waals surface area (Å²) in [5, 5.41) is 3.03. The number of rotatable bonds is 4. The van der Waals surface area contributed by atoms with Crippen molar-refractivity contribution in [2.45, 2.75) is 32.1 Å². The first-order chi connectivity index (χ1) is 12.2. The van der Waals surface area contributed by atoms with Crippen LogP contribution in [-0.4, -0.2) is 36.1 Å². The van der Waals surface area contributed by atoms with E-state index in [0.717, 1.165) is 31.7 Å². The second-order valence-electron chi connectivity index (χ2n) is 7.18. The van der Waals surface area contributed by atoms with Crippen molar-refractivity contribution in [2.75, 3.05) is 18.4 Å². The highest BCUT2D eigenvalue weighted by atomic mass is 16.5. The molecule has 2 aliphatic heterocycles. The van der Waals surface area contributed by atoms with Crippen LogP contribution in [0.4, 0.5) is 5.69 Å². The van der Waals surface area contributed by atoms with E-state index in [1.54, 1.807) is 0 Å². The van der Waals surface area contributed by atoms with E-state index >= 15 is 0 Å². The van der Waals surface area contributed by atoms with Crippen LogP contribution in [0.25, 0.3) is 0 Å². The van der Waals surface area contributed by atoms with Crippen LogP contribution in [0.5, 0.6) is 0 Å². The van der Waals surface area contributed by atoms with E-state index in [1.165, 1.54) is 11.1 Å². The fraction of sp³-hybridized carbons (Fsp3) is 0.381. The highest BCUT2D eigenvalue weighted by Gasteiger charge is 2.44. The van der Waals surface area contributed by atoms with Crippen LogP contribution in [0.15, 0.2) is 54.6 Å². The van der Waals surface area contributed by atoms with Gasteiger partial charge in [0.2, 0.25) is 5.91 Å². The average Bonchev–Trinajstić information content (AvgIpc) is 2.90. The van der Waals surface area contributed by atoms with Gasteiger partial charge >= 0.3 is 0 Å². The number of nitrogens with zero attached hydrogens (tertiary/aromatic N) is 1. The van der Waals surface area contributed by atoms with Crippen LogP contribution in [0, 0.1) is 12.8 Å². The predicted molar refractivity (Wildman–Crippen MR) is 98.3 cm³/mol. The van der Waals surface area contributed by atoms with E-state index in [2.05, 4.69) is 41.4 Å². The number of para-hydroxylation sites is 1. The summed E-state index contributed by atoms with van der Waals surface area (Å²) >= 11 is 0. The van der Waals surface area contributed by atoms with E-state index in [1.807, 2.05) is 30.3 Å². The van der Waals surface area contributed by atoms with Crippen molar-refractivity contribution in [1.29, 1.82) is 0 Å². The third-order valence-electron chi connectivity index (χ3n) is 5.10. The number of benzene rings is 2. The number of carbonyl (C=O) groups is 1. The third-order valence-corrected chi connectivity index (χ3v) is 5.10. The van der Waals surface area contributed by atoms with Crippen LogP contribution in [-0.2, 0) is 16.1 Å². The van der Waals surface area contributed by atoms with Crippen molar-refractivity contribution in [3.05, 3.63) is 65.7 Å². The van der Waals surface area contributed by atoms with Gasteiger partial charge in [0.25, 0.3) is 0 Å². The van der Waals surface area contributed by atoms with Crippen molar-refractivity contribution in [3.63, 3.8) is 0 Å². The predicted octanol–water partition coefficient (Wildman–Crippen LogP) is 3.22. The largest absolute Gasteiger partial charge is 0.371 e. The van der Waals surface area contributed by atoms with Gasteiger partial charge in [0.1, 0.15) is 0 Å². The summed E-state index contributed by atoms with van der Waals surface area (Å²) in [6, 6.07) is 18.3. The van der Waals surface area contributed by atoms with E-state index in [9.17, 15) is 4.79 Å². The van der Waals surface area contributed by atoms with Gasteiger partial charge in [-0.1, -0.05) is 48.0 Å². The number of hydrogen-bond donors (Lipinski definition) is 1. The smallest absolute Gasteiger partial charge is 0.230 e. The van der Waals surface area contributed by atoms with Crippen molar-refractivity contribution < 1.29 is 9.53 Å². The molecular weight excluding hydrogens is 312 g/mol. The molecule has 4 nitrogen and oxygen atoms in total. The maximum atomic E-state index is 12.7. The Labute approximate surface area is 148 Å². The molecule has 2 aromatic rings. The lowest BCUT2D eigenvalue weighted by molar-refractivity contribution is -0.123. The molecule has 0 radical (unpaired) electrons. The van der Waals surface area contributed by atoms with Gasteiger partial charge < -0.3 is 10.1 Å². The topological polar surface area (TPSA) is 41.6 Å². The first kappa shape index (κ1) is 16.3. The van der Waals surface area contributed by atoms with Gasteiger partial charge in [-0.05, 0) is 31.0 Å². The zero-order valence-corrected chi connectivity index (χ0v) is 14.5. The summed E-state index contributed by atoms with van der Waals surface area (Å²) < 4.78 is 6.06. The molecule has 25 heavy (non-hydrogen) atoms. The van der Waals surface area contributed by atoms with E-state index in [-0.39, 0.29) is 24.0 Å². The minimum absolute atomic E-state index is 0.00716. The molecule has 1 N–H and O–H groups in total. The number of hydrogen-bond acceptors (Lipinski definition) is 3. The highest BCUT2D eigenvalue weighted by Crippen LogP contribution is 2.33. The van der Waals surface area contributed by atoms with Gasteiger partial charge in [-0.3, -0.25) is 9.69 Å². The molecule has 2 saturated heterocycles. The Morgan fingerprint density at radius 2 is 2.00 bits per heavy atom. The fourth-order valence-electron chi connectivity index (χ4n) is 3.97. The molecule has 130 valence electrons. The van der Waals surface area contributed by atoms with Crippen LogP contribution in [0.3, 0.4) is 0 Å². The standard InChI is InChI=1S/C21H24N2O2/c1-15-6-5-7-16(10-15)12-23-13-18-11-19(20(14-23)25-18)21(24)22-17-8-3-2-4-9-17/h2-10,18-20H,11-14H2,1H3,(H,22,24)/t18-,19+,20-/m0/s1. The quantitative estimate of drug-likeness (QED) is 0.932. The number of nitrogens with one attached hydrogen (secondary N) is 1. The van der Waals surface area contributed by atoms with Crippen molar-refractivity contribution in [3.8, 4) is 0 Å². The van der Waals surface area contributed by atoms with E-state index < -0.39 is 0 Å². The van der Waals surface area contributed by atoms with Gasteiger partial charge in [0, 0.05) is 25.3 Å². The van der Waals surface area contributed by atoms with Gasteiger partial charge in [-0.15, -0.1) is 0 Å². The van der Waals surface area contributed by atoms with Crippen molar-refractivity contribution in [1.82, 2.24) is 4.90 Å². The lowest BCUT2D eigenvalue weighted by Gasteiger charge is -2.32. The Morgan fingerprint density at radius 3 is 2.80 bits per heavy atom. The zero-order valence-electron chi connectivity index (χ0n) is 14.5. The third kappa shape index (κ3) is 3.75. The molecule has 0 spiro atoms. The summed E-state index contributed by atoms with van der Waals surface area (Å²) in [6.07, 6.45) is 0.968. The van der Waals surface area contributed by atoms with Crippen LogP contribution in [0.1, 0.15) is 17.5 Å². The summed E-state index contributed by atoms with van der Waals surface area (Å²) in [5.74, 6) is 0.0174. The molecular formula is C21H24N2O2.